The van der Waals surface area contributed by atoms with Crippen LogP contribution in [0.15, 0.2) is 18.2 Å². The minimum absolute atomic E-state index is 0.430. The largest absolute Gasteiger partial charge is 0.311 e. The van der Waals surface area contributed by atoms with Crippen molar-refractivity contribution < 1.29 is 0 Å². The standard InChI is InChI=1S/C16H26N2/c1-4-13-8-6-9-14(11-13)16(17-3)15-10-5-7-12(2)18-15/h5,7,10,13-14,16-17H,4,6,8-9,11H2,1-3H3. The molecular formula is C16H26N2. The lowest BCUT2D eigenvalue weighted by Crippen LogP contribution is -2.30. The number of nitrogens with zero attached hydrogens (tertiary/aromatic N) is 1. The summed E-state index contributed by atoms with van der Waals surface area (Å²) >= 11 is 0. The van der Waals surface area contributed by atoms with E-state index in [9.17, 15) is 0 Å². The van der Waals surface area contributed by atoms with Crippen molar-refractivity contribution in [1.82, 2.24) is 10.3 Å². The first-order valence-electron chi connectivity index (χ1n) is 7.35. The molecule has 18 heavy (non-hydrogen) atoms. The van der Waals surface area contributed by atoms with Gasteiger partial charge in [-0.2, -0.15) is 0 Å². The summed E-state index contributed by atoms with van der Waals surface area (Å²) in [7, 11) is 2.07. The van der Waals surface area contributed by atoms with Crippen molar-refractivity contribution in [2.24, 2.45) is 11.8 Å². The van der Waals surface area contributed by atoms with Crippen LogP contribution in [0.2, 0.25) is 0 Å². The number of nitrogens with one attached hydrogen (secondary N) is 1. The Hall–Kier alpha value is -0.890. The molecule has 1 aliphatic rings. The summed E-state index contributed by atoms with van der Waals surface area (Å²) in [5.41, 5.74) is 2.34. The molecule has 0 amide bonds. The van der Waals surface area contributed by atoms with Crippen LogP contribution < -0.4 is 5.32 Å². The van der Waals surface area contributed by atoms with Gasteiger partial charge in [0.1, 0.15) is 0 Å². The van der Waals surface area contributed by atoms with Gasteiger partial charge in [-0.05, 0) is 50.8 Å². The van der Waals surface area contributed by atoms with E-state index in [2.05, 4.69) is 44.4 Å². The minimum atomic E-state index is 0.430. The Bertz CT molecular complexity index is 375. The van der Waals surface area contributed by atoms with Crippen LogP contribution in [0.5, 0.6) is 0 Å². The Balaban J connectivity index is 2.12. The summed E-state index contributed by atoms with van der Waals surface area (Å²) in [6.45, 7) is 4.40. The molecule has 1 heterocycles. The van der Waals surface area contributed by atoms with E-state index in [-0.39, 0.29) is 0 Å². The zero-order valence-corrected chi connectivity index (χ0v) is 11.9. The van der Waals surface area contributed by atoms with E-state index in [0.29, 0.717) is 6.04 Å². The first kappa shape index (κ1) is 13.5. The molecule has 0 bridgehead atoms. The number of hydrogen-bond donors (Lipinski definition) is 1. The molecule has 3 unspecified atom stereocenters. The van der Waals surface area contributed by atoms with E-state index in [0.717, 1.165) is 17.5 Å². The average molecular weight is 246 g/mol. The average Bonchev–Trinajstić information content (AvgIpc) is 2.40. The molecule has 0 aromatic carbocycles. The minimum Gasteiger partial charge on any atom is -0.311 e. The third-order valence-corrected chi connectivity index (χ3v) is 4.41. The van der Waals surface area contributed by atoms with Crippen molar-refractivity contribution in [3.05, 3.63) is 29.6 Å². The number of pyridine rings is 1. The third kappa shape index (κ3) is 3.11. The first-order valence-corrected chi connectivity index (χ1v) is 7.35. The molecule has 2 nitrogen and oxygen atoms in total. The lowest BCUT2D eigenvalue weighted by molar-refractivity contribution is 0.212. The van der Waals surface area contributed by atoms with Gasteiger partial charge in [0.25, 0.3) is 0 Å². The Labute approximate surface area is 111 Å². The van der Waals surface area contributed by atoms with Crippen molar-refractivity contribution in [2.75, 3.05) is 7.05 Å². The van der Waals surface area contributed by atoms with Crippen molar-refractivity contribution >= 4 is 0 Å². The van der Waals surface area contributed by atoms with Crippen LogP contribution in [-0.4, -0.2) is 12.0 Å². The van der Waals surface area contributed by atoms with Crippen LogP contribution in [-0.2, 0) is 0 Å². The molecule has 1 N–H and O–H groups in total. The summed E-state index contributed by atoms with van der Waals surface area (Å²) < 4.78 is 0. The molecule has 1 fully saturated rings. The van der Waals surface area contributed by atoms with E-state index in [1.807, 2.05) is 0 Å². The second-order valence-electron chi connectivity index (χ2n) is 5.67. The molecule has 0 aliphatic heterocycles. The van der Waals surface area contributed by atoms with Gasteiger partial charge in [0, 0.05) is 5.69 Å². The highest BCUT2D eigenvalue weighted by atomic mass is 14.9. The number of aromatic nitrogens is 1. The Morgan fingerprint density at radius 2 is 2.22 bits per heavy atom. The molecule has 1 aromatic heterocycles. The van der Waals surface area contributed by atoms with Gasteiger partial charge in [0.05, 0.1) is 11.7 Å². The Morgan fingerprint density at radius 1 is 1.39 bits per heavy atom. The fraction of sp³-hybridized carbons (Fsp3) is 0.688. The maximum absolute atomic E-state index is 4.71. The topological polar surface area (TPSA) is 24.9 Å². The molecule has 1 aliphatic carbocycles. The lowest BCUT2D eigenvalue weighted by atomic mass is 9.76. The highest BCUT2D eigenvalue weighted by Crippen LogP contribution is 2.37. The van der Waals surface area contributed by atoms with Crippen molar-refractivity contribution in [3.63, 3.8) is 0 Å². The van der Waals surface area contributed by atoms with Crippen LogP contribution in [0.3, 0.4) is 0 Å². The normalized spacial score (nSPS) is 25.9. The molecular weight excluding hydrogens is 220 g/mol. The zero-order valence-electron chi connectivity index (χ0n) is 11.9. The molecule has 1 saturated carbocycles. The fourth-order valence-corrected chi connectivity index (χ4v) is 3.37. The van der Waals surface area contributed by atoms with Gasteiger partial charge in [0.15, 0.2) is 0 Å². The summed E-state index contributed by atoms with van der Waals surface area (Å²) in [4.78, 5) is 4.71. The van der Waals surface area contributed by atoms with Crippen LogP contribution in [0.25, 0.3) is 0 Å². The summed E-state index contributed by atoms with van der Waals surface area (Å²) in [5, 5.41) is 3.50. The van der Waals surface area contributed by atoms with E-state index >= 15 is 0 Å². The first-order chi connectivity index (χ1) is 8.74. The zero-order chi connectivity index (χ0) is 13.0. The second kappa shape index (κ2) is 6.33. The maximum Gasteiger partial charge on any atom is 0.0579 e. The summed E-state index contributed by atoms with van der Waals surface area (Å²) in [5.74, 6) is 1.67. The quantitative estimate of drug-likeness (QED) is 0.872. The number of rotatable bonds is 4. The van der Waals surface area contributed by atoms with Gasteiger partial charge in [-0.1, -0.05) is 32.3 Å². The number of aryl methyl sites for hydroxylation is 1. The van der Waals surface area contributed by atoms with Crippen LogP contribution in [0, 0.1) is 18.8 Å². The van der Waals surface area contributed by atoms with Crippen LogP contribution in [0.1, 0.15) is 56.5 Å². The summed E-state index contributed by atoms with van der Waals surface area (Å²) in [6.07, 6.45) is 6.83. The highest BCUT2D eigenvalue weighted by Gasteiger charge is 2.28. The van der Waals surface area contributed by atoms with Gasteiger partial charge >= 0.3 is 0 Å². The van der Waals surface area contributed by atoms with Gasteiger partial charge in [-0.15, -0.1) is 0 Å². The lowest BCUT2D eigenvalue weighted by Gasteiger charge is -2.34. The molecule has 100 valence electrons. The molecule has 0 radical (unpaired) electrons. The van der Waals surface area contributed by atoms with Gasteiger partial charge < -0.3 is 5.32 Å². The van der Waals surface area contributed by atoms with E-state index in [4.69, 9.17) is 4.98 Å². The summed E-state index contributed by atoms with van der Waals surface area (Å²) in [6, 6.07) is 6.80. The van der Waals surface area contributed by atoms with Gasteiger partial charge in [-0.3, -0.25) is 4.98 Å². The van der Waals surface area contributed by atoms with Crippen LogP contribution in [0.4, 0.5) is 0 Å². The smallest absolute Gasteiger partial charge is 0.0579 e. The molecule has 2 heteroatoms. The molecule has 2 rings (SSSR count). The molecule has 0 saturated heterocycles. The van der Waals surface area contributed by atoms with Crippen molar-refractivity contribution in [1.29, 1.82) is 0 Å². The van der Waals surface area contributed by atoms with E-state index in [1.165, 1.54) is 37.8 Å². The monoisotopic (exact) mass is 246 g/mol. The van der Waals surface area contributed by atoms with Crippen LogP contribution >= 0.6 is 0 Å². The van der Waals surface area contributed by atoms with Gasteiger partial charge in [-0.25, -0.2) is 0 Å². The third-order valence-electron chi connectivity index (χ3n) is 4.41. The second-order valence-corrected chi connectivity index (χ2v) is 5.67. The molecule has 1 aromatic rings. The van der Waals surface area contributed by atoms with Gasteiger partial charge in [0.2, 0.25) is 0 Å². The maximum atomic E-state index is 4.71. The predicted octanol–water partition coefficient (Wildman–Crippen LogP) is 3.87. The SMILES string of the molecule is CCC1CCCC(C(NC)c2cccc(C)n2)C1. The van der Waals surface area contributed by atoms with E-state index < -0.39 is 0 Å². The predicted molar refractivity (Wildman–Crippen MR) is 76.5 cm³/mol. The van der Waals surface area contributed by atoms with Crippen molar-refractivity contribution in [2.45, 2.75) is 52.0 Å². The highest BCUT2D eigenvalue weighted by molar-refractivity contribution is 5.14. The number of hydrogen-bond acceptors (Lipinski definition) is 2. The van der Waals surface area contributed by atoms with E-state index in [1.54, 1.807) is 0 Å². The molecule has 0 spiro atoms. The van der Waals surface area contributed by atoms with Crippen molar-refractivity contribution in [3.8, 4) is 0 Å². The Kier molecular flexibility index (Phi) is 4.76. The Morgan fingerprint density at radius 3 is 2.89 bits per heavy atom. The fourth-order valence-electron chi connectivity index (χ4n) is 3.37. The molecule has 3 atom stereocenters.